The first-order chi connectivity index (χ1) is 21.1. The van der Waals surface area contributed by atoms with Crippen molar-refractivity contribution < 1.29 is 58.3 Å². The van der Waals surface area contributed by atoms with Gasteiger partial charge >= 0.3 is 39.1 Å². The second kappa shape index (κ2) is 20.5. The number of rotatable bonds is 10. The normalized spacial score (nSPS) is 29.6. The van der Waals surface area contributed by atoms with E-state index in [0.29, 0.717) is 24.4 Å². The van der Waals surface area contributed by atoms with Crippen molar-refractivity contribution in [2.75, 3.05) is 26.9 Å². The zero-order valence-corrected chi connectivity index (χ0v) is 31.3. The molecule has 2 aliphatic carbocycles. The van der Waals surface area contributed by atoms with Crippen molar-refractivity contribution in [2.24, 2.45) is 23.7 Å². The second-order valence-electron chi connectivity index (χ2n) is 16.0. The Hall–Kier alpha value is 0.490. The second-order valence-corrected chi connectivity index (χ2v) is 16.0. The molecular weight excluding hydrogens is 604 g/mol. The van der Waals surface area contributed by atoms with Crippen molar-refractivity contribution in [3.63, 3.8) is 0 Å². The summed E-state index contributed by atoms with van der Waals surface area (Å²) in [6.45, 7) is 19.1. The Morgan fingerprint density at radius 1 is 0.702 bits per heavy atom. The van der Waals surface area contributed by atoms with Crippen LogP contribution in [0.3, 0.4) is 0 Å². The number of aliphatic hydroxyl groups is 1. The van der Waals surface area contributed by atoms with Crippen molar-refractivity contribution in [1.82, 2.24) is 0 Å². The minimum Gasteiger partial charge on any atom is -1.00 e. The fourth-order valence-corrected chi connectivity index (χ4v) is 7.35. The summed E-state index contributed by atoms with van der Waals surface area (Å²) in [6, 6.07) is 0. The molecule has 0 aromatic rings. The van der Waals surface area contributed by atoms with Crippen molar-refractivity contribution in [1.29, 1.82) is 0 Å². The molecule has 0 bridgehead atoms. The van der Waals surface area contributed by atoms with Gasteiger partial charge in [-0.3, -0.25) is 4.79 Å². The molecule has 5 rings (SSSR count). The molecule has 4 atom stereocenters. The Labute approximate surface area is 312 Å². The molecule has 5 aliphatic rings. The van der Waals surface area contributed by atoms with Crippen LogP contribution in [-0.4, -0.2) is 92.0 Å². The Kier molecular flexibility index (Phi) is 19.9. The zero-order chi connectivity index (χ0) is 33.3. The Balaban J connectivity index is 0.000000762. The number of hydrogen-bond donors (Lipinski definition) is 1. The third kappa shape index (κ3) is 13.2. The smallest absolute Gasteiger partial charge is 1.00 e. The molecule has 3 heterocycles. The van der Waals surface area contributed by atoms with Gasteiger partial charge in [-0.05, 0) is 118 Å². The number of carbonyl (C=O) groups is 1. The van der Waals surface area contributed by atoms with E-state index in [4.69, 9.17) is 28.1 Å². The van der Waals surface area contributed by atoms with Gasteiger partial charge in [-0.1, -0.05) is 44.9 Å². The van der Waals surface area contributed by atoms with Crippen LogP contribution in [0.2, 0.25) is 12.6 Å². The third-order valence-corrected chi connectivity index (χ3v) is 11.7. The van der Waals surface area contributed by atoms with Crippen molar-refractivity contribution in [2.45, 2.75) is 167 Å². The Morgan fingerprint density at radius 3 is 1.51 bits per heavy atom. The molecule has 4 unspecified atom stereocenters. The zero-order valence-electron chi connectivity index (χ0n) is 32.3. The van der Waals surface area contributed by atoms with E-state index in [-0.39, 0.29) is 86.2 Å². The molecule has 5 fully saturated rings. The molecule has 0 spiro atoms. The van der Waals surface area contributed by atoms with Crippen molar-refractivity contribution in [3.05, 3.63) is 0 Å². The molecule has 47 heavy (non-hydrogen) atoms. The molecular formula is C35H70AlB2LiO8. The SMILES string of the molecule is C1CCOC1.CC1(C)OB(CCCC2CCCC2CO)OC1(C)C.COC(=O)C1CCCC1CCCB1OC(C)(C)C(C)(C)O1.[AlH3].[H-].[Li+]. The molecule has 0 aromatic carbocycles. The summed E-state index contributed by atoms with van der Waals surface area (Å²) < 4.78 is 33.9. The molecule has 3 saturated heterocycles. The fourth-order valence-electron chi connectivity index (χ4n) is 7.35. The number of ether oxygens (including phenoxy) is 2. The van der Waals surface area contributed by atoms with E-state index in [0.717, 1.165) is 64.4 Å². The van der Waals surface area contributed by atoms with Gasteiger partial charge in [0.05, 0.1) is 35.4 Å². The largest absolute Gasteiger partial charge is 1.00 e. The maximum absolute atomic E-state index is 11.7. The van der Waals surface area contributed by atoms with Gasteiger partial charge in [0.2, 0.25) is 0 Å². The Morgan fingerprint density at radius 2 is 1.11 bits per heavy atom. The summed E-state index contributed by atoms with van der Waals surface area (Å²) in [5.74, 6) is 1.80. The molecule has 2 saturated carbocycles. The summed E-state index contributed by atoms with van der Waals surface area (Å²) in [5, 5.41) is 9.34. The first kappa shape index (κ1) is 45.5. The van der Waals surface area contributed by atoms with Crippen LogP contribution < -0.4 is 18.9 Å². The molecule has 0 aromatic heterocycles. The van der Waals surface area contributed by atoms with Gasteiger partial charge in [0.15, 0.2) is 17.4 Å². The molecule has 268 valence electrons. The van der Waals surface area contributed by atoms with E-state index in [1.807, 2.05) is 0 Å². The molecule has 12 heteroatoms. The van der Waals surface area contributed by atoms with Gasteiger partial charge in [0, 0.05) is 19.8 Å². The maximum Gasteiger partial charge on any atom is 1.00 e. The number of aliphatic hydroxyl groups excluding tert-OH is 1. The van der Waals surface area contributed by atoms with Crippen LogP contribution in [0.5, 0.6) is 0 Å². The summed E-state index contributed by atoms with van der Waals surface area (Å²) in [5.41, 5.74) is -0.920. The minimum atomic E-state index is -0.250. The first-order valence-corrected chi connectivity index (χ1v) is 18.1. The summed E-state index contributed by atoms with van der Waals surface area (Å²) >= 11 is 0. The van der Waals surface area contributed by atoms with Crippen LogP contribution in [0, 0.1) is 23.7 Å². The number of hydrogen-bond acceptors (Lipinski definition) is 8. The quantitative estimate of drug-likeness (QED) is 0.279. The predicted octanol–water partition coefficient (Wildman–Crippen LogP) is 3.44. The summed E-state index contributed by atoms with van der Waals surface area (Å²) in [4.78, 5) is 11.7. The van der Waals surface area contributed by atoms with E-state index < -0.39 is 0 Å². The molecule has 0 amide bonds. The van der Waals surface area contributed by atoms with Gasteiger partial charge < -0.3 is 34.6 Å². The summed E-state index contributed by atoms with van der Waals surface area (Å²) in [7, 11) is 1.31. The van der Waals surface area contributed by atoms with Crippen LogP contribution in [0.4, 0.5) is 0 Å². The van der Waals surface area contributed by atoms with Gasteiger partial charge in [-0.25, -0.2) is 0 Å². The summed E-state index contributed by atoms with van der Waals surface area (Å²) in [6.07, 6.45) is 15.9. The fraction of sp³-hybridized carbons (Fsp3) is 0.971. The van der Waals surface area contributed by atoms with Gasteiger partial charge in [0.25, 0.3) is 0 Å². The average Bonchev–Trinajstić information content (AvgIpc) is 3.79. The first-order valence-electron chi connectivity index (χ1n) is 18.1. The molecule has 0 radical (unpaired) electrons. The van der Waals surface area contributed by atoms with Crippen LogP contribution >= 0.6 is 0 Å². The van der Waals surface area contributed by atoms with Gasteiger partial charge in [0.1, 0.15) is 0 Å². The average molecular weight is 674 g/mol. The van der Waals surface area contributed by atoms with Crippen molar-refractivity contribution in [3.8, 4) is 0 Å². The Bertz CT molecular complexity index is 872. The van der Waals surface area contributed by atoms with Gasteiger partial charge in [-0.15, -0.1) is 0 Å². The number of carbonyl (C=O) groups excluding carboxylic acids is 1. The van der Waals surface area contributed by atoms with Crippen molar-refractivity contribution >= 4 is 37.6 Å². The van der Waals surface area contributed by atoms with E-state index in [9.17, 15) is 9.90 Å². The van der Waals surface area contributed by atoms with E-state index in [1.54, 1.807) is 0 Å². The molecule has 1 N–H and O–H groups in total. The van der Waals surface area contributed by atoms with E-state index in [1.165, 1.54) is 45.6 Å². The maximum atomic E-state index is 11.7. The van der Waals surface area contributed by atoms with Crippen LogP contribution in [-0.2, 0) is 32.9 Å². The standard InChI is InChI=1S/C16H29BO4.C15H29BO3.C4H8O.Al.Li.4H/c1-15(2)16(3,4)21-17(20-15)11-7-9-12-8-6-10-13(12)14(18)19-5;1-14(2)15(3,4)19-16(18-14)10-6-9-12-7-5-8-13(12)11-17;1-2-4-5-3-1;;;;;;/h12-13H,6-11H2,1-5H3;12-13,17H,5-11H2,1-4H3;1-4H2;;;;;;/q;;;;+1;;;;-1. The molecule has 8 nitrogen and oxygen atoms in total. The molecule has 3 aliphatic heterocycles. The predicted molar refractivity (Wildman–Crippen MR) is 192 cm³/mol. The minimum absolute atomic E-state index is 0. The van der Waals surface area contributed by atoms with Gasteiger partial charge in [-0.2, -0.15) is 0 Å². The monoisotopic (exact) mass is 675 g/mol. The number of esters is 1. The number of methoxy groups -OCH3 is 1. The van der Waals surface area contributed by atoms with E-state index >= 15 is 0 Å². The topological polar surface area (TPSA) is 92.7 Å². The van der Waals surface area contributed by atoms with Crippen LogP contribution in [0.25, 0.3) is 0 Å². The van der Waals surface area contributed by atoms with E-state index in [2.05, 4.69) is 55.4 Å². The third-order valence-electron chi connectivity index (χ3n) is 11.7. The van der Waals surface area contributed by atoms with Crippen LogP contribution in [0.15, 0.2) is 0 Å². The van der Waals surface area contributed by atoms with Crippen LogP contribution in [0.1, 0.15) is 134 Å².